The predicted molar refractivity (Wildman–Crippen MR) is 85.9 cm³/mol. The summed E-state index contributed by atoms with van der Waals surface area (Å²) in [6.07, 6.45) is 0. The van der Waals surface area contributed by atoms with Crippen LogP contribution in [0, 0.1) is 13.8 Å². The monoisotopic (exact) mass is 325 g/mol. The van der Waals surface area contributed by atoms with E-state index < -0.39 is 0 Å². The van der Waals surface area contributed by atoms with Gasteiger partial charge in [-0.15, -0.1) is 0 Å². The predicted octanol–water partition coefficient (Wildman–Crippen LogP) is 4.69. The van der Waals surface area contributed by atoms with Gasteiger partial charge in [-0.3, -0.25) is 4.79 Å². The third-order valence-electron chi connectivity index (χ3n) is 3.44. The lowest BCUT2D eigenvalue weighted by Crippen LogP contribution is -2.13. The molecule has 0 aliphatic heterocycles. The fraction of sp³-hybridized carbons (Fsp3) is 0.312. The van der Waals surface area contributed by atoms with Crippen molar-refractivity contribution in [2.75, 3.05) is 6.61 Å². The molecule has 2 aromatic rings. The minimum absolute atomic E-state index is 0.0463. The van der Waals surface area contributed by atoms with Gasteiger partial charge in [-0.05, 0) is 45.0 Å². The molecule has 0 spiro atoms. The molecule has 3 nitrogen and oxygen atoms in total. The van der Waals surface area contributed by atoms with Gasteiger partial charge in [0.05, 0.1) is 5.02 Å². The van der Waals surface area contributed by atoms with Crippen molar-refractivity contribution < 1.29 is 9.53 Å². The van der Waals surface area contributed by atoms with Crippen molar-refractivity contribution in [3.63, 3.8) is 0 Å². The molecule has 0 radical (unpaired) electrons. The molecule has 5 heteroatoms. The summed E-state index contributed by atoms with van der Waals surface area (Å²) >= 11 is 11.8. The van der Waals surface area contributed by atoms with Crippen LogP contribution in [0.5, 0.6) is 5.75 Å². The number of aryl methyl sites for hydroxylation is 1. The van der Waals surface area contributed by atoms with Crippen molar-refractivity contribution in [2.24, 2.45) is 0 Å². The number of benzene rings is 1. The highest BCUT2D eigenvalue weighted by Gasteiger charge is 2.16. The Morgan fingerprint density at radius 2 is 1.95 bits per heavy atom. The van der Waals surface area contributed by atoms with Gasteiger partial charge < -0.3 is 9.30 Å². The summed E-state index contributed by atoms with van der Waals surface area (Å²) in [5.41, 5.74) is 2.73. The Bertz CT molecular complexity index is 677. The highest BCUT2D eigenvalue weighted by atomic mass is 35.5. The van der Waals surface area contributed by atoms with Crippen molar-refractivity contribution in [2.45, 2.75) is 27.3 Å². The smallest absolute Gasteiger partial charge is 0.202 e. The van der Waals surface area contributed by atoms with Gasteiger partial charge >= 0.3 is 0 Å². The maximum Gasteiger partial charge on any atom is 0.202 e. The quantitative estimate of drug-likeness (QED) is 0.746. The lowest BCUT2D eigenvalue weighted by molar-refractivity contribution is 0.0921. The highest BCUT2D eigenvalue weighted by molar-refractivity contribution is 6.35. The highest BCUT2D eigenvalue weighted by Crippen LogP contribution is 2.27. The summed E-state index contributed by atoms with van der Waals surface area (Å²) < 4.78 is 7.60. The fourth-order valence-corrected chi connectivity index (χ4v) is 2.85. The zero-order chi connectivity index (χ0) is 15.6. The van der Waals surface area contributed by atoms with E-state index in [1.54, 1.807) is 18.2 Å². The van der Waals surface area contributed by atoms with E-state index in [2.05, 4.69) is 11.5 Å². The zero-order valence-corrected chi connectivity index (χ0v) is 13.8. The molecule has 0 fully saturated rings. The Labute approximate surface area is 134 Å². The minimum Gasteiger partial charge on any atom is -0.484 e. The maximum atomic E-state index is 12.3. The Hall–Kier alpha value is -1.45. The standard InChI is InChI=1S/C16H17Cl2NO2/c1-4-19-10(2)7-13(11(19)3)15(20)9-21-16-6-5-12(17)8-14(16)18/h5-8H,4,9H2,1-3H3. The number of Topliss-reactive ketones (excluding diaryl/α,β-unsaturated/α-hetero) is 1. The average Bonchev–Trinajstić information content (AvgIpc) is 2.72. The molecule has 0 aliphatic rings. The van der Waals surface area contributed by atoms with Crippen LogP contribution in [0.4, 0.5) is 0 Å². The number of hydrogen-bond donors (Lipinski definition) is 0. The number of carbonyl (C=O) groups is 1. The first-order chi connectivity index (χ1) is 9.93. The Balaban J connectivity index is 2.12. The number of rotatable bonds is 5. The van der Waals surface area contributed by atoms with Crippen molar-refractivity contribution in [3.8, 4) is 5.75 Å². The number of nitrogens with zero attached hydrogens (tertiary/aromatic N) is 1. The second kappa shape index (κ2) is 6.54. The lowest BCUT2D eigenvalue weighted by atomic mass is 10.1. The van der Waals surface area contributed by atoms with E-state index in [-0.39, 0.29) is 12.4 Å². The van der Waals surface area contributed by atoms with Crippen LogP contribution in [0.2, 0.25) is 10.0 Å². The molecule has 0 atom stereocenters. The van der Waals surface area contributed by atoms with Gasteiger partial charge in [0.1, 0.15) is 5.75 Å². The second-order valence-corrected chi connectivity index (χ2v) is 5.66. The Morgan fingerprint density at radius 3 is 2.52 bits per heavy atom. The third-order valence-corrected chi connectivity index (χ3v) is 3.97. The van der Waals surface area contributed by atoms with E-state index in [1.807, 2.05) is 19.9 Å². The summed E-state index contributed by atoms with van der Waals surface area (Å²) in [4.78, 5) is 12.3. The van der Waals surface area contributed by atoms with Gasteiger partial charge in [0.15, 0.2) is 6.61 Å². The molecule has 0 amide bonds. The number of hydrogen-bond acceptors (Lipinski definition) is 2. The number of carbonyl (C=O) groups excluding carboxylic acids is 1. The topological polar surface area (TPSA) is 31.2 Å². The van der Waals surface area contributed by atoms with Crippen LogP contribution in [0.3, 0.4) is 0 Å². The zero-order valence-electron chi connectivity index (χ0n) is 12.2. The Kier molecular flexibility index (Phi) is 4.96. The molecule has 0 bridgehead atoms. The summed E-state index contributed by atoms with van der Waals surface area (Å²) in [5, 5.41) is 0.930. The van der Waals surface area contributed by atoms with Crippen LogP contribution in [0.1, 0.15) is 28.7 Å². The van der Waals surface area contributed by atoms with Crippen molar-refractivity contribution >= 4 is 29.0 Å². The van der Waals surface area contributed by atoms with Gasteiger partial charge in [0, 0.05) is 28.5 Å². The SMILES string of the molecule is CCn1c(C)cc(C(=O)COc2ccc(Cl)cc2Cl)c1C. The first kappa shape index (κ1) is 15.9. The van der Waals surface area contributed by atoms with Crippen LogP contribution in [0.25, 0.3) is 0 Å². The van der Waals surface area contributed by atoms with E-state index in [0.717, 1.165) is 17.9 Å². The molecule has 112 valence electrons. The summed E-state index contributed by atoms with van der Waals surface area (Å²) in [7, 11) is 0. The summed E-state index contributed by atoms with van der Waals surface area (Å²) in [6.45, 7) is 6.78. The van der Waals surface area contributed by atoms with E-state index in [1.165, 1.54) is 0 Å². The first-order valence-electron chi connectivity index (χ1n) is 6.71. The van der Waals surface area contributed by atoms with Crippen LogP contribution in [-0.4, -0.2) is 17.0 Å². The minimum atomic E-state index is -0.0613. The maximum absolute atomic E-state index is 12.3. The largest absolute Gasteiger partial charge is 0.484 e. The van der Waals surface area contributed by atoms with Crippen LogP contribution in [-0.2, 0) is 6.54 Å². The summed E-state index contributed by atoms with van der Waals surface area (Å²) in [6, 6.07) is 6.82. The van der Waals surface area contributed by atoms with Gasteiger partial charge in [0.2, 0.25) is 5.78 Å². The molecule has 0 saturated heterocycles. The third kappa shape index (κ3) is 3.42. The number of aromatic nitrogens is 1. The molecule has 1 aromatic heterocycles. The molecule has 1 heterocycles. The van der Waals surface area contributed by atoms with Gasteiger partial charge in [-0.25, -0.2) is 0 Å². The van der Waals surface area contributed by atoms with E-state index in [4.69, 9.17) is 27.9 Å². The molecule has 0 unspecified atom stereocenters. The van der Waals surface area contributed by atoms with Crippen LogP contribution >= 0.6 is 23.2 Å². The van der Waals surface area contributed by atoms with E-state index >= 15 is 0 Å². The van der Waals surface area contributed by atoms with Crippen LogP contribution < -0.4 is 4.74 Å². The molecular formula is C16H17Cl2NO2. The van der Waals surface area contributed by atoms with Crippen molar-refractivity contribution in [1.82, 2.24) is 4.57 Å². The van der Waals surface area contributed by atoms with Gasteiger partial charge in [0.25, 0.3) is 0 Å². The number of ether oxygens (including phenoxy) is 1. The molecular weight excluding hydrogens is 309 g/mol. The molecule has 0 N–H and O–H groups in total. The second-order valence-electron chi connectivity index (χ2n) is 4.82. The van der Waals surface area contributed by atoms with E-state index in [9.17, 15) is 4.79 Å². The molecule has 0 aliphatic carbocycles. The molecule has 1 aromatic carbocycles. The van der Waals surface area contributed by atoms with Crippen molar-refractivity contribution in [1.29, 1.82) is 0 Å². The molecule has 21 heavy (non-hydrogen) atoms. The first-order valence-corrected chi connectivity index (χ1v) is 7.47. The summed E-state index contributed by atoms with van der Waals surface area (Å²) in [5.74, 6) is 0.396. The number of halogens is 2. The van der Waals surface area contributed by atoms with Crippen LogP contribution in [0.15, 0.2) is 24.3 Å². The van der Waals surface area contributed by atoms with Crippen molar-refractivity contribution in [3.05, 3.63) is 51.3 Å². The number of ketones is 1. The average molecular weight is 326 g/mol. The molecule has 0 saturated carbocycles. The lowest BCUT2D eigenvalue weighted by Gasteiger charge is -2.08. The Morgan fingerprint density at radius 1 is 1.24 bits per heavy atom. The van der Waals surface area contributed by atoms with Gasteiger partial charge in [-0.2, -0.15) is 0 Å². The fourth-order valence-electron chi connectivity index (χ4n) is 2.38. The normalized spacial score (nSPS) is 10.7. The van der Waals surface area contributed by atoms with Gasteiger partial charge in [-0.1, -0.05) is 23.2 Å². The van der Waals surface area contributed by atoms with E-state index in [0.29, 0.717) is 21.4 Å². The molecule has 2 rings (SSSR count).